The Morgan fingerprint density at radius 3 is 2.70 bits per heavy atom. The topological polar surface area (TPSA) is 97.1 Å². The number of nitrogens with one attached hydrogen (secondary N) is 1. The standard InChI is InChI=1S/C12H14N4O3S/c1-6-9(12(18)19)20-11(15-6)7(2)14-10(17)8-4-5-13-16(8)3/h4-5,7H,1-3H3,(H,14,17)(H,18,19). The van der Waals surface area contributed by atoms with Gasteiger partial charge in [0.05, 0.1) is 11.7 Å². The average Bonchev–Trinajstić information content (AvgIpc) is 2.95. The summed E-state index contributed by atoms with van der Waals surface area (Å²) in [4.78, 5) is 27.4. The van der Waals surface area contributed by atoms with Crippen molar-refractivity contribution in [1.29, 1.82) is 0 Å². The number of nitrogens with zero attached hydrogens (tertiary/aromatic N) is 3. The molecule has 0 aliphatic rings. The number of carbonyl (C=O) groups excluding carboxylic acids is 1. The fraction of sp³-hybridized carbons (Fsp3) is 0.333. The quantitative estimate of drug-likeness (QED) is 0.887. The zero-order chi connectivity index (χ0) is 14.9. The molecular formula is C12H14N4O3S. The minimum Gasteiger partial charge on any atom is -0.477 e. The van der Waals surface area contributed by atoms with E-state index in [0.29, 0.717) is 16.4 Å². The Bertz CT molecular complexity index is 661. The van der Waals surface area contributed by atoms with E-state index in [1.165, 1.54) is 10.9 Å². The maximum Gasteiger partial charge on any atom is 0.347 e. The van der Waals surface area contributed by atoms with Crippen LogP contribution >= 0.6 is 11.3 Å². The second-order valence-electron chi connectivity index (χ2n) is 4.31. The Hall–Kier alpha value is -2.22. The number of amides is 1. The lowest BCUT2D eigenvalue weighted by atomic mass is 10.3. The first-order chi connectivity index (χ1) is 9.40. The number of aromatic carboxylic acids is 1. The Balaban J connectivity index is 2.14. The molecule has 1 atom stereocenters. The normalized spacial score (nSPS) is 12.2. The van der Waals surface area contributed by atoms with Crippen molar-refractivity contribution in [1.82, 2.24) is 20.1 Å². The third-order valence-electron chi connectivity index (χ3n) is 2.78. The Kier molecular flexibility index (Phi) is 3.84. The number of aryl methyl sites for hydroxylation is 2. The lowest BCUT2D eigenvalue weighted by molar-refractivity contribution is 0.0701. The van der Waals surface area contributed by atoms with Crippen molar-refractivity contribution in [3.8, 4) is 0 Å². The van der Waals surface area contributed by atoms with Gasteiger partial charge in [0.15, 0.2) is 0 Å². The van der Waals surface area contributed by atoms with E-state index in [1.54, 1.807) is 27.0 Å². The largest absolute Gasteiger partial charge is 0.477 e. The first-order valence-corrected chi connectivity index (χ1v) is 6.71. The van der Waals surface area contributed by atoms with Crippen LogP contribution in [0.15, 0.2) is 12.3 Å². The Labute approximate surface area is 119 Å². The van der Waals surface area contributed by atoms with Crippen molar-refractivity contribution < 1.29 is 14.7 Å². The lowest BCUT2D eigenvalue weighted by Crippen LogP contribution is -2.28. The molecule has 1 unspecified atom stereocenters. The second-order valence-corrected chi connectivity index (χ2v) is 5.34. The molecule has 2 aromatic rings. The number of carboxylic acid groups (broad SMARTS) is 1. The number of thiazole rings is 1. The predicted molar refractivity (Wildman–Crippen MR) is 72.9 cm³/mol. The molecule has 20 heavy (non-hydrogen) atoms. The molecule has 2 heterocycles. The summed E-state index contributed by atoms with van der Waals surface area (Å²) in [6.07, 6.45) is 1.54. The third-order valence-corrected chi connectivity index (χ3v) is 4.11. The second kappa shape index (κ2) is 5.41. The molecule has 0 aliphatic carbocycles. The summed E-state index contributed by atoms with van der Waals surface area (Å²) in [6.45, 7) is 3.40. The summed E-state index contributed by atoms with van der Waals surface area (Å²) in [5, 5.41) is 16.3. The lowest BCUT2D eigenvalue weighted by Gasteiger charge is -2.11. The zero-order valence-corrected chi connectivity index (χ0v) is 12.1. The summed E-state index contributed by atoms with van der Waals surface area (Å²) in [5.74, 6) is -1.28. The molecule has 2 aromatic heterocycles. The van der Waals surface area contributed by atoms with Gasteiger partial charge in [-0.25, -0.2) is 9.78 Å². The van der Waals surface area contributed by atoms with Gasteiger partial charge in [0.25, 0.3) is 5.91 Å². The number of rotatable bonds is 4. The minimum absolute atomic E-state index is 0.196. The molecule has 0 bridgehead atoms. The maximum absolute atomic E-state index is 12.0. The monoisotopic (exact) mass is 294 g/mol. The van der Waals surface area contributed by atoms with Gasteiger partial charge < -0.3 is 10.4 Å². The van der Waals surface area contributed by atoms with Crippen LogP contribution in [0.5, 0.6) is 0 Å². The van der Waals surface area contributed by atoms with E-state index >= 15 is 0 Å². The van der Waals surface area contributed by atoms with E-state index in [0.717, 1.165) is 11.3 Å². The van der Waals surface area contributed by atoms with Crippen molar-refractivity contribution in [2.45, 2.75) is 19.9 Å². The Morgan fingerprint density at radius 1 is 1.50 bits per heavy atom. The van der Waals surface area contributed by atoms with E-state index in [4.69, 9.17) is 5.11 Å². The van der Waals surface area contributed by atoms with Crippen LogP contribution in [0.25, 0.3) is 0 Å². The number of carbonyl (C=O) groups is 2. The van der Waals surface area contributed by atoms with E-state index in [-0.39, 0.29) is 16.8 Å². The van der Waals surface area contributed by atoms with Crippen molar-refractivity contribution >= 4 is 23.2 Å². The van der Waals surface area contributed by atoms with Gasteiger partial charge in [0, 0.05) is 13.2 Å². The zero-order valence-electron chi connectivity index (χ0n) is 11.2. The van der Waals surface area contributed by atoms with Gasteiger partial charge in [-0.15, -0.1) is 11.3 Å². The van der Waals surface area contributed by atoms with Crippen LogP contribution in [0.3, 0.4) is 0 Å². The van der Waals surface area contributed by atoms with Gasteiger partial charge in [0.2, 0.25) is 0 Å². The van der Waals surface area contributed by atoms with Crippen molar-refractivity contribution in [3.05, 3.63) is 33.5 Å². The molecule has 106 valence electrons. The summed E-state index contributed by atoms with van der Waals surface area (Å²) >= 11 is 1.07. The highest BCUT2D eigenvalue weighted by atomic mass is 32.1. The third kappa shape index (κ3) is 2.69. The molecule has 0 aliphatic heterocycles. The molecule has 0 saturated carbocycles. The fourth-order valence-electron chi connectivity index (χ4n) is 1.73. The van der Waals surface area contributed by atoms with Gasteiger partial charge in [-0.3, -0.25) is 9.48 Å². The first kappa shape index (κ1) is 14.2. The van der Waals surface area contributed by atoms with E-state index < -0.39 is 5.97 Å². The first-order valence-electron chi connectivity index (χ1n) is 5.89. The van der Waals surface area contributed by atoms with E-state index in [2.05, 4.69) is 15.4 Å². The van der Waals surface area contributed by atoms with E-state index in [9.17, 15) is 9.59 Å². The van der Waals surface area contributed by atoms with Gasteiger partial charge in [-0.2, -0.15) is 5.10 Å². The highest BCUT2D eigenvalue weighted by Gasteiger charge is 2.20. The number of aromatic nitrogens is 3. The van der Waals surface area contributed by atoms with Crippen LogP contribution in [-0.4, -0.2) is 31.7 Å². The molecule has 0 saturated heterocycles. The van der Waals surface area contributed by atoms with Crippen LogP contribution in [0.4, 0.5) is 0 Å². The molecular weight excluding hydrogens is 280 g/mol. The molecule has 0 fully saturated rings. The van der Waals surface area contributed by atoms with Crippen molar-refractivity contribution in [2.75, 3.05) is 0 Å². The van der Waals surface area contributed by atoms with Crippen LogP contribution in [0.1, 0.15) is 43.8 Å². The summed E-state index contributed by atoms with van der Waals surface area (Å²) in [5.41, 5.74) is 0.891. The molecule has 0 spiro atoms. The highest BCUT2D eigenvalue weighted by molar-refractivity contribution is 7.13. The van der Waals surface area contributed by atoms with Crippen LogP contribution < -0.4 is 5.32 Å². The van der Waals surface area contributed by atoms with Gasteiger partial charge in [-0.1, -0.05) is 0 Å². The molecule has 2 rings (SSSR count). The number of carboxylic acids is 1. The Morgan fingerprint density at radius 2 is 2.20 bits per heavy atom. The van der Waals surface area contributed by atoms with Crippen LogP contribution in [0, 0.1) is 6.92 Å². The summed E-state index contributed by atoms with van der Waals surface area (Å²) in [6, 6.07) is 1.24. The SMILES string of the molecule is Cc1nc(C(C)NC(=O)c2ccnn2C)sc1C(=O)O. The maximum atomic E-state index is 12.0. The molecule has 1 amide bonds. The number of hydrogen-bond donors (Lipinski definition) is 2. The van der Waals surface area contributed by atoms with Crippen LogP contribution in [-0.2, 0) is 7.05 Å². The summed E-state index contributed by atoms with van der Waals surface area (Å²) < 4.78 is 1.47. The minimum atomic E-state index is -1.00. The van der Waals surface area contributed by atoms with E-state index in [1.807, 2.05) is 0 Å². The highest BCUT2D eigenvalue weighted by Crippen LogP contribution is 2.23. The van der Waals surface area contributed by atoms with Gasteiger partial charge in [0.1, 0.15) is 15.6 Å². The van der Waals surface area contributed by atoms with Crippen molar-refractivity contribution in [3.63, 3.8) is 0 Å². The number of hydrogen-bond acceptors (Lipinski definition) is 5. The molecule has 0 radical (unpaired) electrons. The van der Waals surface area contributed by atoms with Gasteiger partial charge in [-0.05, 0) is 19.9 Å². The average molecular weight is 294 g/mol. The smallest absolute Gasteiger partial charge is 0.347 e. The van der Waals surface area contributed by atoms with Crippen molar-refractivity contribution in [2.24, 2.45) is 7.05 Å². The fourth-order valence-corrected chi connectivity index (χ4v) is 2.64. The van der Waals surface area contributed by atoms with Crippen LogP contribution in [0.2, 0.25) is 0 Å². The molecule has 2 N–H and O–H groups in total. The molecule has 0 aromatic carbocycles. The van der Waals surface area contributed by atoms with Gasteiger partial charge >= 0.3 is 5.97 Å². The predicted octanol–water partition coefficient (Wildman–Crippen LogP) is 1.37. The summed E-state index contributed by atoms with van der Waals surface area (Å²) in [7, 11) is 1.68. The molecule has 7 nitrogen and oxygen atoms in total. The molecule has 8 heteroatoms.